The van der Waals surface area contributed by atoms with Crippen molar-refractivity contribution < 1.29 is 19.4 Å². The van der Waals surface area contributed by atoms with Crippen LogP contribution in [0.5, 0.6) is 0 Å². The average Bonchev–Trinajstić information content (AvgIpc) is 3.10. The summed E-state index contributed by atoms with van der Waals surface area (Å²) in [5, 5.41) is 26.7. The van der Waals surface area contributed by atoms with Gasteiger partial charge in [-0.1, -0.05) is 0 Å². The zero-order valence-corrected chi connectivity index (χ0v) is 17.0. The summed E-state index contributed by atoms with van der Waals surface area (Å²) in [5.41, 5.74) is 5.85. The number of aromatic nitrogens is 4. The number of hydrogen-bond donors (Lipinski definition) is 4. The molecule has 3 aromatic heterocycles. The Hall–Kier alpha value is -3.11. The molecule has 0 aliphatic heterocycles. The highest BCUT2D eigenvalue weighted by atomic mass is 19.1. The molecule has 1 amide bonds. The van der Waals surface area contributed by atoms with E-state index in [2.05, 4.69) is 20.4 Å². The molecule has 0 unspecified atom stereocenters. The fourth-order valence-corrected chi connectivity index (χ4v) is 3.00. The predicted octanol–water partition coefficient (Wildman–Crippen LogP) is 1.33. The lowest BCUT2D eigenvalue weighted by molar-refractivity contribution is -0.00306. The highest BCUT2D eigenvalue weighted by Crippen LogP contribution is 2.29. The van der Waals surface area contributed by atoms with Gasteiger partial charge in [0.1, 0.15) is 11.9 Å². The minimum Gasteiger partial charge on any atom is -0.394 e. The first-order chi connectivity index (χ1) is 14.1. The smallest absolute Gasteiger partial charge is 0.252 e. The number of alkyl halides is 1. The summed E-state index contributed by atoms with van der Waals surface area (Å²) in [6.45, 7) is 4.20. The Morgan fingerprint density at radius 1 is 1.43 bits per heavy atom. The lowest BCUT2D eigenvalue weighted by Gasteiger charge is -2.24. The monoisotopic (exact) mass is 416 g/mol. The van der Waals surface area contributed by atoms with Crippen molar-refractivity contribution in [1.29, 1.82) is 0 Å². The number of carbonyl (C=O) groups excluding carboxylic acids is 1. The molecule has 0 aromatic carbocycles. The third-order valence-electron chi connectivity index (χ3n) is 4.70. The van der Waals surface area contributed by atoms with Crippen molar-refractivity contribution in [2.75, 3.05) is 11.9 Å². The van der Waals surface area contributed by atoms with E-state index in [0.29, 0.717) is 22.7 Å². The van der Waals surface area contributed by atoms with Crippen molar-refractivity contribution >= 4 is 17.2 Å². The van der Waals surface area contributed by atoms with Crippen molar-refractivity contribution in [2.45, 2.75) is 45.0 Å². The molecule has 160 valence electrons. The number of anilines is 1. The fourth-order valence-electron chi connectivity index (χ4n) is 3.00. The van der Waals surface area contributed by atoms with Gasteiger partial charge in [0.25, 0.3) is 5.91 Å². The molecule has 3 aromatic rings. The Balaban J connectivity index is 2.21. The van der Waals surface area contributed by atoms with Crippen molar-refractivity contribution in [1.82, 2.24) is 19.6 Å². The van der Waals surface area contributed by atoms with E-state index < -0.39 is 23.7 Å². The van der Waals surface area contributed by atoms with Gasteiger partial charge in [0.2, 0.25) is 0 Å². The molecule has 0 bridgehead atoms. The van der Waals surface area contributed by atoms with E-state index in [4.69, 9.17) is 5.73 Å². The maximum absolute atomic E-state index is 14.7. The molecule has 0 spiro atoms. The number of carbonyl (C=O) groups is 1. The first-order valence-electron chi connectivity index (χ1n) is 9.48. The first-order valence-corrected chi connectivity index (χ1v) is 9.48. The second-order valence-corrected chi connectivity index (χ2v) is 7.73. The summed E-state index contributed by atoms with van der Waals surface area (Å²) >= 11 is 0. The summed E-state index contributed by atoms with van der Waals surface area (Å²) in [6.07, 6.45) is 1.14. The Morgan fingerprint density at radius 2 is 2.17 bits per heavy atom. The summed E-state index contributed by atoms with van der Waals surface area (Å²) in [6, 6.07) is 4.70. The second-order valence-electron chi connectivity index (χ2n) is 7.73. The zero-order valence-electron chi connectivity index (χ0n) is 17.0. The minimum absolute atomic E-state index is 0.00716. The number of imidazole rings is 1. The van der Waals surface area contributed by atoms with Crippen molar-refractivity contribution in [3.05, 3.63) is 41.9 Å². The van der Waals surface area contributed by atoms with E-state index in [1.165, 1.54) is 13.8 Å². The number of pyridine rings is 1. The third kappa shape index (κ3) is 4.39. The van der Waals surface area contributed by atoms with E-state index in [1.54, 1.807) is 42.0 Å². The summed E-state index contributed by atoms with van der Waals surface area (Å²) < 4.78 is 16.3. The van der Waals surface area contributed by atoms with Crippen LogP contribution >= 0.6 is 0 Å². The van der Waals surface area contributed by atoms with Crippen LogP contribution in [0.3, 0.4) is 0 Å². The first kappa shape index (κ1) is 21.6. The van der Waals surface area contributed by atoms with Gasteiger partial charge in [0, 0.05) is 18.7 Å². The molecule has 0 aliphatic rings. The molecule has 9 nitrogen and oxygen atoms in total. The molecular weight excluding hydrogens is 391 g/mol. The lowest BCUT2D eigenvalue weighted by Crippen LogP contribution is -2.35. The Bertz CT molecular complexity index is 1060. The van der Waals surface area contributed by atoms with Gasteiger partial charge in [-0.2, -0.15) is 5.10 Å². The normalized spacial score (nSPS) is 13.9. The van der Waals surface area contributed by atoms with Crippen molar-refractivity contribution in [3.8, 4) is 11.4 Å². The molecule has 30 heavy (non-hydrogen) atoms. The van der Waals surface area contributed by atoms with Gasteiger partial charge < -0.3 is 21.3 Å². The van der Waals surface area contributed by atoms with Crippen LogP contribution in [0.25, 0.3) is 17.0 Å². The Labute approximate surface area is 172 Å². The van der Waals surface area contributed by atoms with Gasteiger partial charge in [-0.3, -0.25) is 9.78 Å². The predicted molar refractivity (Wildman–Crippen MR) is 110 cm³/mol. The number of rotatable bonds is 8. The standard InChI is InChI=1S/C20H25FN6O3/c1-11(10-28)25-13-7-12(15-9-23-17-5-4-6-24-27(15)17)26-14(18(13)19(22)29)8-16(21)20(2,3)30/h4-7,9,11,16,28,30H,8,10H2,1-3H3,(H2,22,29)(H,25,26)/t11-,16+/m0/s1. The molecule has 3 rings (SSSR count). The van der Waals surface area contributed by atoms with Crippen molar-refractivity contribution in [2.24, 2.45) is 5.73 Å². The molecule has 0 saturated heterocycles. The maximum atomic E-state index is 14.7. The molecule has 0 radical (unpaired) electrons. The Kier molecular flexibility index (Phi) is 5.99. The van der Waals surface area contributed by atoms with Gasteiger partial charge in [0.15, 0.2) is 5.65 Å². The van der Waals surface area contributed by atoms with Gasteiger partial charge in [0.05, 0.1) is 41.0 Å². The van der Waals surface area contributed by atoms with E-state index in [1.807, 2.05) is 0 Å². The molecular formula is C20H25FN6O3. The second kappa shape index (κ2) is 8.33. The Morgan fingerprint density at radius 3 is 2.80 bits per heavy atom. The van der Waals surface area contributed by atoms with Crippen LogP contribution in [-0.2, 0) is 6.42 Å². The zero-order chi connectivity index (χ0) is 22.1. The van der Waals surface area contributed by atoms with E-state index in [0.717, 1.165) is 0 Å². The molecule has 3 heterocycles. The van der Waals surface area contributed by atoms with Gasteiger partial charge in [-0.15, -0.1) is 0 Å². The molecule has 0 saturated carbocycles. The highest BCUT2D eigenvalue weighted by Gasteiger charge is 2.30. The molecule has 0 fully saturated rings. The van der Waals surface area contributed by atoms with Gasteiger partial charge in [-0.05, 0) is 39.0 Å². The summed E-state index contributed by atoms with van der Waals surface area (Å²) in [5.74, 6) is -0.795. The van der Waals surface area contributed by atoms with Crippen LogP contribution in [-0.4, -0.2) is 60.1 Å². The number of fused-ring (bicyclic) bond motifs is 1. The number of amides is 1. The lowest BCUT2D eigenvalue weighted by atomic mass is 9.95. The molecule has 5 N–H and O–H groups in total. The number of nitrogens with one attached hydrogen (secondary N) is 1. The van der Waals surface area contributed by atoms with Crippen LogP contribution in [0, 0.1) is 0 Å². The van der Waals surface area contributed by atoms with E-state index >= 15 is 0 Å². The molecule has 10 heteroatoms. The number of halogens is 1. The number of aliphatic hydroxyl groups is 2. The van der Waals surface area contributed by atoms with Crippen LogP contribution in [0.4, 0.5) is 10.1 Å². The molecule has 2 atom stereocenters. The minimum atomic E-state index is -1.69. The summed E-state index contributed by atoms with van der Waals surface area (Å²) in [4.78, 5) is 21.0. The number of nitrogens with two attached hydrogens (primary N) is 1. The van der Waals surface area contributed by atoms with E-state index in [-0.39, 0.29) is 24.3 Å². The number of aliphatic hydroxyl groups excluding tert-OH is 1. The third-order valence-corrected chi connectivity index (χ3v) is 4.70. The van der Waals surface area contributed by atoms with Crippen LogP contribution in [0.15, 0.2) is 30.6 Å². The van der Waals surface area contributed by atoms with Crippen molar-refractivity contribution in [3.63, 3.8) is 0 Å². The fraction of sp³-hybridized carbons (Fsp3) is 0.400. The average molecular weight is 416 g/mol. The van der Waals surface area contributed by atoms with E-state index in [9.17, 15) is 19.4 Å². The summed E-state index contributed by atoms with van der Waals surface area (Å²) in [7, 11) is 0. The number of nitrogens with zero attached hydrogens (tertiary/aromatic N) is 4. The maximum Gasteiger partial charge on any atom is 0.252 e. The highest BCUT2D eigenvalue weighted by molar-refractivity contribution is 6.00. The van der Waals surface area contributed by atoms with Crippen LogP contribution in [0.2, 0.25) is 0 Å². The topological polar surface area (TPSA) is 139 Å². The van der Waals surface area contributed by atoms with Gasteiger partial charge in [-0.25, -0.2) is 13.9 Å². The van der Waals surface area contributed by atoms with Gasteiger partial charge >= 0.3 is 0 Å². The van der Waals surface area contributed by atoms with Crippen LogP contribution < -0.4 is 11.1 Å². The SMILES string of the molecule is C[C@@H](CO)Nc1cc(-c2cnc3cccnn23)nc(C[C@@H](F)C(C)(C)O)c1C(N)=O. The largest absolute Gasteiger partial charge is 0.394 e. The number of hydrogen-bond acceptors (Lipinski definition) is 7. The molecule has 0 aliphatic carbocycles. The number of primary amides is 1. The van der Waals surface area contributed by atoms with Crippen LogP contribution in [0.1, 0.15) is 36.8 Å². The quantitative estimate of drug-likeness (QED) is 0.434.